The SMILES string of the molecule is Cc1cccc(CSCC(=O)N(Cc2ccc(Br)cc2)C(Cc2ccccc2)C(=O)NC2CCCC2)c1. The summed E-state index contributed by atoms with van der Waals surface area (Å²) in [7, 11) is 0. The predicted octanol–water partition coefficient (Wildman–Crippen LogP) is 6.69. The van der Waals surface area contributed by atoms with Crippen LogP contribution in [0, 0.1) is 6.92 Å². The highest BCUT2D eigenvalue weighted by Gasteiger charge is 2.32. The molecule has 2 amide bonds. The molecular weight excluding hydrogens is 544 g/mol. The second kappa shape index (κ2) is 13.8. The standard InChI is InChI=1S/C31H35BrN2O2S/c1-23-8-7-11-26(18-23)21-37-22-30(35)34(20-25-14-16-27(32)17-15-25)29(19-24-9-3-2-4-10-24)31(36)33-28-12-5-6-13-28/h2-4,7-11,14-18,28-29H,5-6,12-13,19-22H2,1H3,(H,33,36). The van der Waals surface area contributed by atoms with Crippen molar-refractivity contribution >= 4 is 39.5 Å². The van der Waals surface area contributed by atoms with Crippen LogP contribution >= 0.6 is 27.7 Å². The van der Waals surface area contributed by atoms with E-state index in [-0.39, 0.29) is 17.9 Å². The zero-order chi connectivity index (χ0) is 26.0. The van der Waals surface area contributed by atoms with Crippen LogP contribution in [0.3, 0.4) is 0 Å². The zero-order valence-electron chi connectivity index (χ0n) is 21.4. The number of rotatable bonds is 11. The number of carbonyl (C=O) groups excluding carboxylic acids is 2. The summed E-state index contributed by atoms with van der Waals surface area (Å²) in [5.41, 5.74) is 4.48. The van der Waals surface area contributed by atoms with Gasteiger partial charge in [0.05, 0.1) is 5.75 Å². The maximum absolute atomic E-state index is 13.8. The third-order valence-electron chi connectivity index (χ3n) is 6.82. The molecule has 6 heteroatoms. The van der Waals surface area contributed by atoms with E-state index < -0.39 is 6.04 Å². The van der Waals surface area contributed by atoms with E-state index in [0.717, 1.165) is 47.0 Å². The van der Waals surface area contributed by atoms with Gasteiger partial charge in [0.1, 0.15) is 6.04 Å². The summed E-state index contributed by atoms with van der Waals surface area (Å²) in [6.07, 6.45) is 4.80. The molecular formula is C31H35BrN2O2S. The number of halogens is 1. The van der Waals surface area contributed by atoms with Gasteiger partial charge in [-0.15, -0.1) is 11.8 Å². The topological polar surface area (TPSA) is 49.4 Å². The molecule has 1 saturated carbocycles. The summed E-state index contributed by atoms with van der Waals surface area (Å²) in [4.78, 5) is 29.3. The number of benzene rings is 3. The van der Waals surface area contributed by atoms with Crippen LogP contribution in [0.1, 0.15) is 47.9 Å². The number of thioether (sulfide) groups is 1. The van der Waals surface area contributed by atoms with E-state index >= 15 is 0 Å². The molecule has 194 valence electrons. The predicted molar refractivity (Wildman–Crippen MR) is 156 cm³/mol. The lowest BCUT2D eigenvalue weighted by Crippen LogP contribution is -2.52. The van der Waals surface area contributed by atoms with Gasteiger partial charge in [-0.2, -0.15) is 0 Å². The Hall–Kier alpha value is -2.57. The van der Waals surface area contributed by atoms with Crippen LogP contribution in [0.25, 0.3) is 0 Å². The van der Waals surface area contributed by atoms with Crippen molar-refractivity contribution in [3.8, 4) is 0 Å². The largest absolute Gasteiger partial charge is 0.352 e. The minimum atomic E-state index is -0.571. The Morgan fingerprint density at radius 2 is 1.65 bits per heavy atom. The number of carbonyl (C=O) groups is 2. The molecule has 0 radical (unpaired) electrons. The molecule has 1 unspecified atom stereocenters. The molecule has 1 aliphatic rings. The van der Waals surface area contributed by atoms with Gasteiger partial charge >= 0.3 is 0 Å². The Labute approximate surface area is 233 Å². The molecule has 0 bridgehead atoms. The van der Waals surface area contributed by atoms with Crippen molar-refractivity contribution in [3.05, 3.63) is 106 Å². The first kappa shape index (κ1) is 27.5. The fourth-order valence-corrected chi connectivity index (χ4v) is 5.97. The van der Waals surface area contributed by atoms with Crippen LogP contribution < -0.4 is 5.32 Å². The monoisotopic (exact) mass is 578 g/mol. The normalized spacial score (nSPS) is 14.3. The van der Waals surface area contributed by atoms with Crippen LogP contribution in [0.5, 0.6) is 0 Å². The molecule has 0 saturated heterocycles. The number of hydrogen-bond donors (Lipinski definition) is 1. The Balaban J connectivity index is 1.56. The molecule has 1 fully saturated rings. The highest BCUT2D eigenvalue weighted by Crippen LogP contribution is 2.22. The van der Waals surface area contributed by atoms with Gasteiger partial charge in [0, 0.05) is 29.2 Å². The lowest BCUT2D eigenvalue weighted by Gasteiger charge is -2.32. The molecule has 0 aromatic heterocycles. The summed E-state index contributed by atoms with van der Waals surface area (Å²) in [5.74, 6) is 1.02. The molecule has 0 spiro atoms. The first-order valence-electron chi connectivity index (χ1n) is 13.0. The Morgan fingerprint density at radius 1 is 0.946 bits per heavy atom. The van der Waals surface area contributed by atoms with E-state index in [1.165, 1.54) is 11.1 Å². The van der Waals surface area contributed by atoms with Gasteiger partial charge in [-0.05, 0) is 48.6 Å². The molecule has 1 N–H and O–H groups in total. The molecule has 4 rings (SSSR count). The van der Waals surface area contributed by atoms with Gasteiger partial charge < -0.3 is 10.2 Å². The van der Waals surface area contributed by atoms with E-state index in [2.05, 4.69) is 52.4 Å². The van der Waals surface area contributed by atoms with E-state index in [4.69, 9.17) is 0 Å². The zero-order valence-corrected chi connectivity index (χ0v) is 23.8. The first-order chi connectivity index (χ1) is 18.0. The van der Waals surface area contributed by atoms with Gasteiger partial charge in [0.25, 0.3) is 0 Å². The molecule has 1 atom stereocenters. The van der Waals surface area contributed by atoms with E-state index in [0.29, 0.717) is 18.7 Å². The summed E-state index contributed by atoms with van der Waals surface area (Å²) in [6, 6.07) is 26.0. The van der Waals surface area contributed by atoms with E-state index in [1.54, 1.807) is 16.7 Å². The average molecular weight is 580 g/mol. The lowest BCUT2D eigenvalue weighted by atomic mass is 10.0. The average Bonchev–Trinajstić information content (AvgIpc) is 3.41. The molecule has 4 nitrogen and oxygen atoms in total. The van der Waals surface area contributed by atoms with Crippen LogP contribution in [0.2, 0.25) is 0 Å². The molecule has 3 aromatic rings. The third-order valence-corrected chi connectivity index (χ3v) is 8.33. The minimum absolute atomic E-state index is 0.0110. The van der Waals surface area contributed by atoms with Crippen molar-refractivity contribution in [2.45, 2.75) is 63.4 Å². The number of nitrogens with zero attached hydrogens (tertiary/aromatic N) is 1. The van der Waals surface area contributed by atoms with Gasteiger partial charge in [-0.1, -0.05) is 101 Å². The van der Waals surface area contributed by atoms with Crippen LogP contribution in [-0.4, -0.2) is 34.6 Å². The summed E-state index contributed by atoms with van der Waals surface area (Å²) < 4.78 is 0.989. The van der Waals surface area contributed by atoms with Crippen molar-refractivity contribution in [2.75, 3.05) is 5.75 Å². The molecule has 1 aliphatic carbocycles. The highest BCUT2D eigenvalue weighted by atomic mass is 79.9. The maximum Gasteiger partial charge on any atom is 0.243 e. The van der Waals surface area contributed by atoms with Crippen LogP contribution in [0.4, 0.5) is 0 Å². The fourth-order valence-electron chi connectivity index (χ4n) is 4.85. The fraction of sp³-hybridized carbons (Fsp3) is 0.355. The van der Waals surface area contributed by atoms with E-state index in [1.807, 2.05) is 54.6 Å². The molecule has 0 heterocycles. The Kier molecular flexibility index (Phi) is 10.3. The summed E-state index contributed by atoms with van der Waals surface area (Å²) in [5, 5.41) is 3.27. The van der Waals surface area contributed by atoms with Gasteiger partial charge in [0.2, 0.25) is 11.8 Å². The van der Waals surface area contributed by atoms with E-state index in [9.17, 15) is 9.59 Å². The Bertz CT molecular complexity index is 1160. The maximum atomic E-state index is 13.8. The first-order valence-corrected chi connectivity index (χ1v) is 14.9. The highest BCUT2D eigenvalue weighted by molar-refractivity contribution is 9.10. The minimum Gasteiger partial charge on any atom is -0.352 e. The second-order valence-electron chi connectivity index (χ2n) is 9.83. The van der Waals surface area contributed by atoms with Crippen LogP contribution in [-0.2, 0) is 28.3 Å². The van der Waals surface area contributed by atoms with Gasteiger partial charge in [0.15, 0.2) is 0 Å². The van der Waals surface area contributed by atoms with Crippen molar-refractivity contribution in [1.29, 1.82) is 0 Å². The second-order valence-corrected chi connectivity index (χ2v) is 11.7. The van der Waals surface area contributed by atoms with Gasteiger partial charge in [-0.3, -0.25) is 9.59 Å². The van der Waals surface area contributed by atoms with Crippen LogP contribution in [0.15, 0.2) is 83.3 Å². The molecule has 3 aromatic carbocycles. The van der Waals surface area contributed by atoms with Crippen molar-refractivity contribution in [2.24, 2.45) is 0 Å². The van der Waals surface area contributed by atoms with Gasteiger partial charge in [-0.25, -0.2) is 0 Å². The van der Waals surface area contributed by atoms with Crippen molar-refractivity contribution < 1.29 is 9.59 Å². The Morgan fingerprint density at radius 3 is 2.35 bits per heavy atom. The number of nitrogens with one attached hydrogen (secondary N) is 1. The lowest BCUT2D eigenvalue weighted by molar-refractivity contribution is -0.139. The summed E-state index contributed by atoms with van der Waals surface area (Å²) >= 11 is 5.10. The number of amides is 2. The summed E-state index contributed by atoms with van der Waals surface area (Å²) in [6.45, 7) is 2.48. The molecule has 0 aliphatic heterocycles. The smallest absolute Gasteiger partial charge is 0.243 e. The van der Waals surface area contributed by atoms with Crippen molar-refractivity contribution in [1.82, 2.24) is 10.2 Å². The third kappa shape index (κ3) is 8.47. The van der Waals surface area contributed by atoms with Crippen molar-refractivity contribution in [3.63, 3.8) is 0 Å². The molecule has 37 heavy (non-hydrogen) atoms. The number of aryl methyl sites for hydroxylation is 1. The quantitative estimate of drug-likeness (QED) is 0.276. The number of hydrogen-bond acceptors (Lipinski definition) is 3.